The highest BCUT2D eigenvalue weighted by Crippen LogP contribution is 2.17. The number of quaternary nitrogens is 1. The number of hydrogen-bond donors (Lipinski definition) is 4. The first-order valence-corrected chi connectivity index (χ1v) is 10.2. The monoisotopic (exact) mass is 417 g/mol. The van der Waals surface area contributed by atoms with Crippen molar-refractivity contribution in [3.63, 3.8) is 0 Å². The summed E-state index contributed by atoms with van der Waals surface area (Å²) in [7, 11) is 0. The smallest absolute Gasteiger partial charge is 0.258 e. The molecule has 0 saturated heterocycles. The number of aryl methyl sites for hydroxylation is 1. The Morgan fingerprint density at radius 2 is 1.77 bits per heavy atom. The van der Waals surface area contributed by atoms with Crippen molar-refractivity contribution >= 4 is 28.5 Å². The first kappa shape index (κ1) is 20.4. The van der Waals surface area contributed by atoms with E-state index in [4.69, 9.17) is 5.73 Å². The van der Waals surface area contributed by atoms with E-state index in [2.05, 4.69) is 37.2 Å². The molecule has 2 heterocycles. The predicted molar refractivity (Wildman–Crippen MR) is 120 cm³/mol. The van der Waals surface area contributed by atoms with Crippen molar-refractivity contribution in [3.05, 3.63) is 76.1 Å². The summed E-state index contributed by atoms with van der Waals surface area (Å²) in [5.41, 5.74) is 8.48. The van der Waals surface area contributed by atoms with Crippen LogP contribution in [-0.4, -0.2) is 31.5 Å². The van der Waals surface area contributed by atoms with Crippen LogP contribution in [0.3, 0.4) is 0 Å². The van der Waals surface area contributed by atoms with Crippen molar-refractivity contribution < 1.29 is 4.90 Å². The Labute approximate surface area is 179 Å². The highest BCUT2D eigenvalue weighted by atomic mass is 16.1. The number of aromatic nitrogens is 5. The van der Waals surface area contributed by atoms with Gasteiger partial charge in [-0.25, -0.2) is 4.98 Å². The summed E-state index contributed by atoms with van der Waals surface area (Å²) >= 11 is 0. The third-order valence-corrected chi connectivity index (χ3v) is 5.08. The molecule has 31 heavy (non-hydrogen) atoms. The maximum absolute atomic E-state index is 12.4. The van der Waals surface area contributed by atoms with Crippen molar-refractivity contribution in [2.24, 2.45) is 0 Å². The lowest BCUT2D eigenvalue weighted by Gasteiger charge is -2.17. The summed E-state index contributed by atoms with van der Waals surface area (Å²) in [6.07, 6.45) is 0. The Kier molecular flexibility index (Phi) is 5.85. The summed E-state index contributed by atoms with van der Waals surface area (Å²) in [6, 6.07) is 15.2. The molecule has 0 aliphatic carbocycles. The average Bonchev–Trinajstić information content (AvgIpc) is 2.74. The van der Waals surface area contributed by atoms with Crippen LogP contribution in [-0.2, 0) is 13.1 Å². The third-order valence-electron chi connectivity index (χ3n) is 5.08. The quantitative estimate of drug-likeness (QED) is 0.357. The minimum absolute atomic E-state index is 0.134. The van der Waals surface area contributed by atoms with Gasteiger partial charge < -0.3 is 20.9 Å². The zero-order valence-electron chi connectivity index (χ0n) is 17.5. The molecule has 0 amide bonds. The minimum Gasteiger partial charge on any atom is -0.368 e. The molecule has 0 bridgehead atoms. The first-order valence-electron chi connectivity index (χ1n) is 10.2. The fourth-order valence-corrected chi connectivity index (χ4v) is 3.40. The van der Waals surface area contributed by atoms with Crippen LogP contribution in [0, 0.1) is 6.92 Å². The number of anilines is 3. The highest BCUT2D eigenvalue weighted by molar-refractivity contribution is 5.77. The summed E-state index contributed by atoms with van der Waals surface area (Å²) in [4.78, 5) is 34.0. The molecule has 0 aliphatic heterocycles. The fourth-order valence-electron chi connectivity index (χ4n) is 3.40. The number of para-hydroxylation sites is 2. The van der Waals surface area contributed by atoms with Crippen LogP contribution in [0.25, 0.3) is 10.9 Å². The summed E-state index contributed by atoms with van der Waals surface area (Å²) < 4.78 is 0. The Bertz CT molecular complexity index is 1270. The number of benzene rings is 2. The highest BCUT2D eigenvalue weighted by Gasteiger charge is 2.15. The summed E-state index contributed by atoms with van der Waals surface area (Å²) in [5, 5.41) is 3.80. The molecule has 1 unspecified atom stereocenters. The second-order valence-corrected chi connectivity index (χ2v) is 7.36. The van der Waals surface area contributed by atoms with Gasteiger partial charge in [-0.05, 0) is 37.6 Å². The van der Waals surface area contributed by atoms with Gasteiger partial charge in [-0.1, -0.05) is 30.3 Å². The molecule has 2 aromatic carbocycles. The van der Waals surface area contributed by atoms with Crippen LogP contribution < -0.4 is 21.5 Å². The van der Waals surface area contributed by atoms with Crippen LogP contribution in [0.2, 0.25) is 0 Å². The van der Waals surface area contributed by atoms with Crippen LogP contribution in [0.5, 0.6) is 0 Å². The fraction of sp³-hybridized carbons (Fsp3) is 0.227. The number of hydrogen-bond acceptors (Lipinski definition) is 7. The normalized spacial score (nSPS) is 12.1. The Morgan fingerprint density at radius 1 is 1.00 bits per heavy atom. The lowest BCUT2D eigenvalue weighted by molar-refractivity contribution is -0.927. The van der Waals surface area contributed by atoms with E-state index in [9.17, 15) is 4.79 Å². The molecule has 9 nitrogen and oxygen atoms in total. The van der Waals surface area contributed by atoms with Gasteiger partial charge >= 0.3 is 0 Å². The van der Waals surface area contributed by atoms with Crippen molar-refractivity contribution in [2.45, 2.75) is 26.9 Å². The standard InChI is InChI=1S/C22H24N8O/c1-3-30(12-18-24-17-11-7-5-9-15(17)20(31)26-18)13-19-27-21(23)29-22(28-19)25-16-10-6-4-8-14(16)2/h4-11H,3,12-13H2,1-2H3,(H,24,26,31)(H3,23,25,27,28,29)/p+1. The maximum Gasteiger partial charge on any atom is 0.258 e. The molecule has 158 valence electrons. The zero-order chi connectivity index (χ0) is 21.8. The molecule has 0 spiro atoms. The molecular weight excluding hydrogens is 392 g/mol. The van der Waals surface area contributed by atoms with Gasteiger partial charge in [-0.15, -0.1) is 0 Å². The molecule has 5 N–H and O–H groups in total. The van der Waals surface area contributed by atoms with E-state index in [1.54, 1.807) is 6.07 Å². The van der Waals surface area contributed by atoms with E-state index in [1.807, 2.05) is 49.4 Å². The van der Waals surface area contributed by atoms with Gasteiger partial charge in [0, 0.05) is 5.69 Å². The van der Waals surface area contributed by atoms with Gasteiger partial charge in [-0.2, -0.15) is 15.0 Å². The average molecular weight is 417 g/mol. The van der Waals surface area contributed by atoms with Crippen LogP contribution in [0.15, 0.2) is 53.3 Å². The van der Waals surface area contributed by atoms with Gasteiger partial charge in [0.1, 0.15) is 13.1 Å². The van der Waals surface area contributed by atoms with E-state index < -0.39 is 0 Å². The van der Waals surface area contributed by atoms with Gasteiger partial charge in [0.05, 0.1) is 17.4 Å². The largest absolute Gasteiger partial charge is 0.368 e. The maximum atomic E-state index is 12.4. The molecule has 9 heteroatoms. The van der Waals surface area contributed by atoms with Gasteiger partial charge in [0.2, 0.25) is 11.9 Å². The van der Waals surface area contributed by atoms with Crippen LogP contribution >= 0.6 is 0 Å². The number of nitrogen functional groups attached to an aromatic ring is 1. The number of nitrogens with two attached hydrogens (primary N) is 1. The predicted octanol–water partition coefficient (Wildman–Crippen LogP) is 1.35. The van der Waals surface area contributed by atoms with Gasteiger partial charge in [0.25, 0.3) is 5.56 Å². The molecule has 1 atom stereocenters. The number of rotatable bonds is 7. The van der Waals surface area contributed by atoms with Crippen molar-refractivity contribution in [1.82, 2.24) is 24.9 Å². The number of aromatic amines is 1. The van der Waals surface area contributed by atoms with Crippen molar-refractivity contribution in [3.8, 4) is 0 Å². The Hall–Kier alpha value is -3.85. The topological polar surface area (TPSA) is 127 Å². The number of nitrogens with one attached hydrogen (secondary N) is 3. The van der Waals surface area contributed by atoms with Crippen LogP contribution in [0.4, 0.5) is 17.6 Å². The third kappa shape index (κ3) is 4.84. The van der Waals surface area contributed by atoms with Gasteiger partial charge in [0.15, 0.2) is 11.6 Å². The van der Waals surface area contributed by atoms with E-state index >= 15 is 0 Å². The van der Waals surface area contributed by atoms with Gasteiger partial charge in [-0.3, -0.25) is 4.79 Å². The zero-order valence-corrected chi connectivity index (χ0v) is 17.5. The molecule has 2 aromatic heterocycles. The van der Waals surface area contributed by atoms with Crippen LogP contribution in [0.1, 0.15) is 24.1 Å². The summed E-state index contributed by atoms with van der Waals surface area (Å²) in [6.45, 7) is 5.91. The summed E-state index contributed by atoms with van der Waals surface area (Å²) in [5.74, 6) is 1.77. The van der Waals surface area contributed by atoms with E-state index in [1.165, 1.54) is 0 Å². The Balaban J connectivity index is 1.54. The van der Waals surface area contributed by atoms with Crippen molar-refractivity contribution in [1.29, 1.82) is 0 Å². The lowest BCUT2D eigenvalue weighted by atomic mass is 10.2. The number of nitrogens with zero attached hydrogens (tertiary/aromatic N) is 4. The van der Waals surface area contributed by atoms with E-state index in [0.717, 1.165) is 22.7 Å². The molecule has 0 aliphatic rings. The lowest BCUT2D eigenvalue weighted by Crippen LogP contribution is -3.09. The number of H-pyrrole nitrogens is 1. The SMILES string of the molecule is CC[NH+](Cc1nc(N)nc(Nc2ccccc2C)n1)Cc1nc2ccccc2c(=O)[nH]1. The van der Waals surface area contributed by atoms with E-state index in [-0.39, 0.29) is 11.5 Å². The second-order valence-electron chi connectivity index (χ2n) is 7.36. The first-order chi connectivity index (χ1) is 15.0. The Morgan fingerprint density at radius 3 is 2.58 bits per heavy atom. The minimum atomic E-state index is -0.134. The van der Waals surface area contributed by atoms with Crippen molar-refractivity contribution in [2.75, 3.05) is 17.6 Å². The molecule has 0 radical (unpaired) electrons. The number of fused-ring (bicyclic) bond motifs is 1. The molecule has 0 saturated carbocycles. The molecule has 0 fully saturated rings. The second kappa shape index (κ2) is 8.88. The van der Waals surface area contributed by atoms with E-state index in [0.29, 0.717) is 41.6 Å². The molecule has 4 aromatic rings. The molecular formula is C22H25N8O+. The molecule has 4 rings (SSSR count).